The summed E-state index contributed by atoms with van der Waals surface area (Å²) in [4.78, 5) is 12.7. The third-order valence-corrected chi connectivity index (χ3v) is 5.75. The summed E-state index contributed by atoms with van der Waals surface area (Å²) in [5.41, 5.74) is 0.00362. The average molecular weight is 410 g/mol. The highest BCUT2D eigenvalue weighted by Gasteiger charge is 2.47. The number of halogens is 3. The number of fused-ring (bicyclic) bond motifs is 1. The van der Waals surface area contributed by atoms with Gasteiger partial charge in [0.05, 0.1) is 12.3 Å². The number of rotatable bonds is 3. The Balaban J connectivity index is 1.54. The van der Waals surface area contributed by atoms with E-state index in [2.05, 4.69) is 15.7 Å². The fourth-order valence-corrected chi connectivity index (χ4v) is 4.22. The van der Waals surface area contributed by atoms with Gasteiger partial charge in [0.15, 0.2) is 11.7 Å². The number of amides is 1. The number of hydrogen-bond donors (Lipinski definition) is 2. The van der Waals surface area contributed by atoms with Gasteiger partial charge in [-0.3, -0.25) is 4.79 Å². The number of nitrogens with one attached hydrogen (secondary N) is 2. The molecule has 2 atom stereocenters. The molecule has 1 aliphatic heterocycles. The Morgan fingerprint density at radius 3 is 2.59 bits per heavy atom. The first-order valence-electron chi connectivity index (χ1n) is 10.2. The summed E-state index contributed by atoms with van der Waals surface area (Å²) in [5.74, 6) is 0.171. The zero-order valence-corrected chi connectivity index (χ0v) is 16.0. The van der Waals surface area contributed by atoms with Crippen molar-refractivity contribution in [3.8, 4) is 0 Å². The van der Waals surface area contributed by atoms with E-state index in [0.29, 0.717) is 5.76 Å². The Kier molecular flexibility index (Phi) is 5.56. The van der Waals surface area contributed by atoms with Gasteiger partial charge in [-0.05, 0) is 25.0 Å². The highest BCUT2D eigenvalue weighted by Crippen LogP contribution is 2.43. The van der Waals surface area contributed by atoms with Crippen molar-refractivity contribution < 1.29 is 22.4 Å². The second kappa shape index (κ2) is 8.12. The van der Waals surface area contributed by atoms with Crippen LogP contribution in [0.3, 0.4) is 0 Å². The Morgan fingerprint density at radius 1 is 1.21 bits per heavy atom. The lowest BCUT2D eigenvalue weighted by Crippen LogP contribution is -2.36. The van der Waals surface area contributed by atoms with Crippen LogP contribution in [0.1, 0.15) is 79.7 Å². The average Bonchev–Trinajstić information content (AvgIpc) is 3.31. The normalized spacial score (nSPS) is 23.6. The summed E-state index contributed by atoms with van der Waals surface area (Å²) in [6.45, 7) is 0. The molecular weight excluding hydrogens is 385 g/mol. The zero-order valence-electron chi connectivity index (χ0n) is 16.0. The molecule has 1 fully saturated rings. The summed E-state index contributed by atoms with van der Waals surface area (Å²) in [6.07, 6.45) is 4.09. The van der Waals surface area contributed by atoms with Crippen LogP contribution in [0.15, 0.2) is 28.9 Å². The second-order valence-corrected chi connectivity index (χ2v) is 7.88. The third-order valence-electron chi connectivity index (χ3n) is 5.75. The molecule has 0 bridgehead atoms. The molecule has 2 aliphatic rings. The molecule has 0 saturated heterocycles. The van der Waals surface area contributed by atoms with E-state index in [0.717, 1.165) is 43.2 Å². The molecule has 0 aromatic carbocycles. The molecule has 1 amide bonds. The smallest absolute Gasteiger partial charge is 0.410 e. The van der Waals surface area contributed by atoms with E-state index in [1.165, 1.54) is 18.8 Å². The van der Waals surface area contributed by atoms with Crippen LogP contribution >= 0.6 is 0 Å². The number of nitrogens with zero attached hydrogens (tertiary/aromatic N) is 2. The number of carbonyl (C=O) groups is 1. The highest BCUT2D eigenvalue weighted by molar-refractivity contribution is 5.93. The minimum Gasteiger partial charge on any atom is -0.467 e. The van der Waals surface area contributed by atoms with E-state index < -0.39 is 24.2 Å². The Hall–Kier alpha value is -2.45. The van der Waals surface area contributed by atoms with E-state index in [4.69, 9.17) is 4.42 Å². The van der Waals surface area contributed by atoms with Gasteiger partial charge in [0.2, 0.25) is 0 Å². The Labute approximate surface area is 166 Å². The van der Waals surface area contributed by atoms with Crippen molar-refractivity contribution >= 4 is 11.7 Å². The lowest BCUT2D eigenvalue weighted by atomic mass is 9.96. The van der Waals surface area contributed by atoms with Crippen molar-refractivity contribution in [2.45, 2.75) is 75.7 Å². The molecule has 0 spiro atoms. The van der Waals surface area contributed by atoms with Crippen LogP contribution in [0.2, 0.25) is 0 Å². The predicted octanol–water partition coefficient (Wildman–Crippen LogP) is 4.98. The first kappa shape index (κ1) is 19.8. The van der Waals surface area contributed by atoms with Gasteiger partial charge in [-0.2, -0.15) is 18.3 Å². The molecular formula is C20H25F3N4O2. The molecule has 29 heavy (non-hydrogen) atoms. The van der Waals surface area contributed by atoms with Crippen molar-refractivity contribution in [3.05, 3.63) is 35.9 Å². The molecule has 4 rings (SSSR count). The molecule has 2 aromatic rings. The molecule has 1 aliphatic carbocycles. The molecule has 0 radical (unpaired) electrons. The van der Waals surface area contributed by atoms with Crippen LogP contribution in [-0.2, 0) is 0 Å². The van der Waals surface area contributed by atoms with Crippen molar-refractivity contribution in [1.82, 2.24) is 15.1 Å². The summed E-state index contributed by atoms with van der Waals surface area (Å²) in [6, 6.07) is 2.26. The van der Waals surface area contributed by atoms with E-state index in [-0.39, 0.29) is 24.0 Å². The summed E-state index contributed by atoms with van der Waals surface area (Å²) >= 11 is 0. The van der Waals surface area contributed by atoms with Crippen molar-refractivity contribution in [2.24, 2.45) is 0 Å². The van der Waals surface area contributed by atoms with Crippen LogP contribution in [0, 0.1) is 0 Å². The number of carbonyl (C=O) groups excluding carboxylic acids is 1. The van der Waals surface area contributed by atoms with E-state index in [9.17, 15) is 18.0 Å². The fourth-order valence-electron chi connectivity index (χ4n) is 4.22. The van der Waals surface area contributed by atoms with Gasteiger partial charge in [-0.1, -0.05) is 32.1 Å². The Bertz CT molecular complexity index is 823. The van der Waals surface area contributed by atoms with Gasteiger partial charge in [-0.25, -0.2) is 4.68 Å². The molecule has 6 nitrogen and oxygen atoms in total. The largest absolute Gasteiger partial charge is 0.467 e. The van der Waals surface area contributed by atoms with Gasteiger partial charge in [-0.15, -0.1) is 0 Å². The standard InChI is InChI=1S/C20H25F3N4O2/c21-20(22,23)17-11-14(16-9-6-10-29-16)25-18-12-15(26-27(17)18)19(28)24-13-7-4-2-1-3-5-8-13/h6,9-10,12-14,17,25H,1-5,7-8,11H2,(H,24,28)/t14-,17-/m0/s1. The van der Waals surface area contributed by atoms with Gasteiger partial charge in [0, 0.05) is 18.5 Å². The molecule has 3 heterocycles. The van der Waals surface area contributed by atoms with Gasteiger partial charge >= 0.3 is 6.18 Å². The minimum atomic E-state index is -4.49. The molecule has 158 valence electrons. The van der Waals surface area contributed by atoms with Crippen LogP contribution in [0.25, 0.3) is 0 Å². The van der Waals surface area contributed by atoms with Crippen molar-refractivity contribution in [1.29, 1.82) is 0 Å². The summed E-state index contributed by atoms with van der Waals surface area (Å²) in [7, 11) is 0. The zero-order chi connectivity index (χ0) is 20.4. The van der Waals surface area contributed by atoms with Crippen LogP contribution < -0.4 is 10.6 Å². The first-order valence-corrected chi connectivity index (χ1v) is 10.2. The van der Waals surface area contributed by atoms with E-state index >= 15 is 0 Å². The summed E-state index contributed by atoms with van der Waals surface area (Å²) in [5, 5.41) is 10.0. The topological polar surface area (TPSA) is 72.1 Å². The van der Waals surface area contributed by atoms with Crippen molar-refractivity contribution in [3.63, 3.8) is 0 Å². The number of aromatic nitrogens is 2. The summed E-state index contributed by atoms with van der Waals surface area (Å²) < 4.78 is 47.2. The lowest BCUT2D eigenvalue weighted by Gasteiger charge is -2.32. The maximum absolute atomic E-state index is 13.7. The van der Waals surface area contributed by atoms with Gasteiger partial charge < -0.3 is 15.1 Å². The van der Waals surface area contributed by atoms with Crippen LogP contribution in [-0.4, -0.2) is 27.9 Å². The number of hydrogen-bond acceptors (Lipinski definition) is 4. The Morgan fingerprint density at radius 2 is 1.93 bits per heavy atom. The second-order valence-electron chi connectivity index (χ2n) is 7.88. The monoisotopic (exact) mass is 410 g/mol. The molecule has 0 unspecified atom stereocenters. The lowest BCUT2D eigenvalue weighted by molar-refractivity contribution is -0.174. The maximum Gasteiger partial charge on any atom is 0.410 e. The van der Waals surface area contributed by atoms with Crippen LogP contribution in [0.4, 0.5) is 19.0 Å². The van der Waals surface area contributed by atoms with E-state index in [1.54, 1.807) is 12.1 Å². The van der Waals surface area contributed by atoms with E-state index in [1.807, 2.05) is 0 Å². The molecule has 1 saturated carbocycles. The minimum absolute atomic E-state index is 0.00362. The van der Waals surface area contributed by atoms with Gasteiger partial charge in [0.25, 0.3) is 5.91 Å². The number of anilines is 1. The molecule has 9 heteroatoms. The maximum atomic E-state index is 13.7. The van der Waals surface area contributed by atoms with Crippen molar-refractivity contribution in [2.75, 3.05) is 5.32 Å². The number of alkyl halides is 3. The SMILES string of the molecule is O=C(NC1CCCCCCC1)c1cc2n(n1)[C@H](C(F)(F)F)C[C@@H](c1ccco1)N2. The van der Waals surface area contributed by atoms with Crippen LogP contribution in [0.5, 0.6) is 0 Å². The quantitative estimate of drug-likeness (QED) is 0.749. The molecule has 2 aromatic heterocycles. The van der Waals surface area contributed by atoms with Gasteiger partial charge in [0.1, 0.15) is 11.6 Å². The fraction of sp³-hybridized carbons (Fsp3) is 0.600. The third kappa shape index (κ3) is 4.43. The number of furan rings is 1. The highest BCUT2D eigenvalue weighted by atomic mass is 19.4. The predicted molar refractivity (Wildman–Crippen MR) is 101 cm³/mol. The molecule has 2 N–H and O–H groups in total. The first-order chi connectivity index (χ1) is 13.9.